The molecule has 3 aromatic carbocycles. The molecule has 1 aromatic heterocycles. The molecule has 1 aliphatic rings. The van der Waals surface area contributed by atoms with Crippen molar-refractivity contribution in [1.82, 2.24) is 8.87 Å². The predicted octanol–water partition coefficient (Wildman–Crippen LogP) is 3.93. The fraction of sp³-hybridized carbons (Fsp3) is 0.267. The van der Waals surface area contributed by atoms with E-state index in [4.69, 9.17) is 9.47 Å². The van der Waals surface area contributed by atoms with Crippen LogP contribution in [0.2, 0.25) is 0 Å². The molecule has 0 unspecified atom stereocenters. The van der Waals surface area contributed by atoms with Gasteiger partial charge in [0.1, 0.15) is 6.54 Å². The first kappa shape index (κ1) is 29.4. The Kier molecular flexibility index (Phi) is 8.66. The summed E-state index contributed by atoms with van der Waals surface area (Å²) in [5.74, 6) is -1.60. The number of carbonyl (C=O) groups excluding carboxylic acids is 3. The number of ether oxygens (including phenoxy) is 2. The molecular weight excluding hydrogens is 578 g/mol. The van der Waals surface area contributed by atoms with Crippen LogP contribution in [0.4, 0.5) is 0 Å². The van der Waals surface area contributed by atoms with E-state index in [0.717, 1.165) is 22.5 Å². The molecule has 0 radical (unpaired) electrons. The standard InChI is InChI=1S/C30H29N3O7S2/c1-3-39-27(34)19-33-25-14-11-22(29(36)40-4-2)17-26(25)41-30(33)31-28(35)21-9-12-24(13-10-21)42(37,38)32-16-15-20-7-5-6-8-23(20)18-32/h5-14,17H,3-4,15-16,18-19H2,1-2H3. The highest BCUT2D eigenvalue weighted by atomic mass is 32.2. The largest absolute Gasteiger partial charge is 0.465 e. The molecule has 42 heavy (non-hydrogen) atoms. The van der Waals surface area contributed by atoms with Crippen LogP contribution in [0.25, 0.3) is 10.2 Å². The van der Waals surface area contributed by atoms with Crippen molar-refractivity contribution >= 4 is 49.4 Å². The first-order valence-electron chi connectivity index (χ1n) is 13.4. The van der Waals surface area contributed by atoms with Crippen LogP contribution in [0.15, 0.2) is 76.6 Å². The van der Waals surface area contributed by atoms with Gasteiger partial charge in [-0.05, 0) is 73.9 Å². The molecule has 0 fully saturated rings. The van der Waals surface area contributed by atoms with E-state index in [9.17, 15) is 22.8 Å². The summed E-state index contributed by atoms with van der Waals surface area (Å²) in [6.45, 7) is 4.31. The minimum Gasteiger partial charge on any atom is -0.465 e. The molecule has 0 atom stereocenters. The zero-order valence-electron chi connectivity index (χ0n) is 23.1. The van der Waals surface area contributed by atoms with Gasteiger partial charge in [0.05, 0.1) is 33.9 Å². The quantitative estimate of drug-likeness (QED) is 0.278. The summed E-state index contributed by atoms with van der Waals surface area (Å²) in [5.41, 5.74) is 3.24. The second-order valence-electron chi connectivity index (χ2n) is 9.48. The van der Waals surface area contributed by atoms with Crippen LogP contribution in [-0.4, -0.2) is 54.9 Å². The van der Waals surface area contributed by atoms with Crippen molar-refractivity contribution in [2.24, 2.45) is 4.99 Å². The van der Waals surface area contributed by atoms with Gasteiger partial charge in [0.2, 0.25) is 10.0 Å². The Morgan fingerprint density at radius 2 is 1.60 bits per heavy atom. The van der Waals surface area contributed by atoms with E-state index in [0.29, 0.717) is 35.3 Å². The van der Waals surface area contributed by atoms with E-state index in [1.54, 1.807) is 36.6 Å². The minimum atomic E-state index is -3.76. The van der Waals surface area contributed by atoms with Crippen molar-refractivity contribution in [3.8, 4) is 0 Å². The van der Waals surface area contributed by atoms with Gasteiger partial charge >= 0.3 is 11.9 Å². The molecule has 4 aromatic rings. The van der Waals surface area contributed by atoms with Crippen LogP contribution in [-0.2, 0) is 43.8 Å². The number of sulfonamides is 1. The summed E-state index contributed by atoms with van der Waals surface area (Å²) in [4.78, 5) is 42.4. The monoisotopic (exact) mass is 607 g/mol. The fourth-order valence-corrected chi connectivity index (χ4v) is 7.22. The number of esters is 2. The molecule has 10 nitrogen and oxygen atoms in total. The zero-order chi connectivity index (χ0) is 29.9. The number of benzene rings is 3. The minimum absolute atomic E-state index is 0.0872. The topological polar surface area (TPSA) is 124 Å². The lowest BCUT2D eigenvalue weighted by Crippen LogP contribution is -2.35. The van der Waals surface area contributed by atoms with E-state index in [2.05, 4.69) is 4.99 Å². The average molecular weight is 608 g/mol. The second-order valence-corrected chi connectivity index (χ2v) is 12.4. The first-order chi connectivity index (χ1) is 20.2. The van der Waals surface area contributed by atoms with E-state index in [1.807, 2.05) is 24.3 Å². The SMILES string of the molecule is CCOC(=O)Cn1c(=NC(=O)c2ccc(S(=O)(=O)N3CCc4ccccc4C3)cc2)sc2cc(C(=O)OCC)ccc21. The Labute approximate surface area is 246 Å². The number of carbonyl (C=O) groups is 3. The van der Waals surface area contributed by atoms with Gasteiger partial charge in [0.15, 0.2) is 4.80 Å². The molecule has 1 aliphatic heterocycles. The lowest BCUT2D eigenvalue weighted by atomic mass is 10.0. The summed E-state index contributed by atoms with van der Waals surface area (Å²) in [6.07, 6.45) is 0.632. The van der Waals surface area contributed by atoms with Crippen molar-refractivity contribution < 1.29 is 32.3 Å². The summed E-state index contributed by atoms with van der Waals surface area (Å²) in [7, 11) is -3.76. The molecule has 5 rings (SSSR count). The van der Waals surface area contributed by atoms with E-state index < -0.39 is 27.9 Å². The molecule has 0 bridgehead atoms. The molecule has 0 saturated heterocycles. The third-order valence-electron chi connectivity index (χ3n) is 6.82. The Morgan fingerprint density at radius 3 is 2.31 bits per heavy atom. The van der Waals surface area contributed by atoms with E-state index in [-0.39, 0.29) is 35.0 Å². The lowest BCUT2D eigenvalue weighted by molar-refractivity contribution is -0.143. The molecule has 2 heterocycles. The Hall–Kier alpha value is -4.13. The van der Waals surface area contributed by atoms with Gasteiger partial charge in [-0.15, -0.1) is 0 Å². The van der Waals surface area contributed by atoms with Gasteiger partial charge in [-0.2, -0.15) is 9.30 Å². The number of fused-ring (bicyclic) bond motifs is 2. The Balaban J connectivity index is 1.44. The predicted molar refractivity (Wildman–Crippen MR) is 156 cm³/mol. The molecule has 0 aliphatic carbocycles. The maximum atomic E-state index is 13.3. The number of amides is 1. The van der Waals surface area contributed by atoms with Gasteiger partial charge in [-0.3, -0.25) is 9.59 Å². The van der Waals surface area contributed by atoms with Crippen molar-refractivity contribution in [3.63, 3.8) is 0 Å². The zero-order valence-corrected chi connectivity index (χ0v) is 24.7. The van der Waals surface area contributed by atoms with Gasteiger partial charge in [-0.1, -0.05) is 35.6 Å². The summed E-state index contributed by atoms with van der Waals surface area (Å²) in [6, 6.07) is 18.3. The second kappa shape index (κ2) is 12.4. The number of rotatable bonds is 8. The Bertz CT molecular complexity index is 1840. The highest BCUT2D eigenvalue weighted by Gasteiger charge is 2.28. The molecule has 12 heteroatoms. The number of hydrogen-bond donors (Lipinski definition) is 0. The number of aromatic nitrogens is 1. The molecule has 0 N–H and O–H groups in total. The van der Waals surface area contributed by atoms with Crippen LogP contribution >= 0.6 is 11.3 Å². The molecular formula is C30H29N3O7S2. The molecule has 1 amide bonds. The fourth-order valence-electron chi connectivity index (χ4n) is 4.73. The number of thiazole rings is 1. The molecule has 218 valence electrons. The number of nitrogens with zero attached hydrogens (tertiary/aromatic N) is 3. The van der Waals surface area contributed by atoms with Crippen LogP contribution in [0, 0.1) is 0 Å². The van der Waals surface area contributed by atoms with Gasteiger partial charge in [0.25, 0.3) is 5.91 Å². The van der Waals surface area contributed by atoms with Crippen molar-refractivity contribution in [3.05, 3.63) is 93.8 Å². The molecule has 0 saturated carbocycles. The number of hydrogen-bond acceptors (Lipinski definition) is 8. The third-order valence-corrected chi connectivity index (χ3v) is 9.72. The molecule has 0 spiro atoms. The highest BCUT2D eigenvalue weighted by Crippen LogP contribution is 2.25. The van der Waals surface area contributed by atoms with Crippen molar-refractivity contribution in [2.75, 3.05) is 19.8 Å². The Morgan fingerprint density at radius 1 is 0.905 bits per heavy atom. The summed E-state index contributed by atoms with van der Waals surface area (Å²) in [5, 5.41) is 0. The summed E-state index contributed by atoms with van der Waals surface area (Å²) >= 11 is 1.13. The lowest BCUT2D eigenvalue weighted by Gasteiger charge is -2.28. The van der Waals surface area contributed by atoms with E-state index in [1.165, 1.54) is 28.6 Å². The maximum Gasteiger partial charge on any atom is 0.338 e. The highest BCUT2D eigenvalue weighted by molar-refractivity contribution is 7.89. The van der Waals surface area contributed by atoms with Crippen LogP contribution in [0.1, 0.15) is 45.7 Å². The van der Waals surface area contributed by atoms with Crippen LogP contribution in [0.5, 0.6) is 0 Å². The van der Waals surface area contributed by atoms with Gasteiger partial charge in [0, 0.05) is 18.7 Å². The average Bonchev–Trinajstić information content (AvgIpc) is 3.32. The van der Waals surface area contributed by atoms with E-state index >= 15 is 0 Å². The first-order valence-corrected chi connectivity index (χ1v) is 15.7. The van der Waals surface area contributed by atoms with Crippen molar-refractivity contribution in [1.29, 1.82) is 0 Å². The van der Waals surface area contributed by atoms with Crippen LogP contribution < -0.4 is 4.80 Å². The smallest absolute Gasteiger partial charge is 0.338 e. The third kappa shape index (κ3) is 6.06. The van der Waals surface area contributed by atoms with Crippen LogP contribution in [0.3, 0.4) is 0 Å². The van der Waals surface area contributed by atoms with Gasteiger partial charge in [-0.25, -0.2) is 13.2 Å². The van der Waals surface area contributed by atoms with Crippen molar-refractivity contribution in [2.45, 2.75) is 38.3 Å². The summed E-state index contributed by atoms with van der Waals surface area (Å²) < 4.78 is 40.5. The van der Waals surface area contributed by atoms with Gasteiger partial charge < -0.3 is 14.0 Å². The normalized spacial score (nSPS) is 14.0. The maximum absolute atomic E-state index is 13.3.